The number of hydrogen-bond donors (Lipinski definition) is 1. The number of nitrogen functional groups attached to an aromatic ring is 1. The molecule has 0 aliphatic carbocycles. The van der Waals surface area contributed by atoms with Gasteiger partial charge in [0.1, 0.15) is 0 Å². The first-order valence-corrected chi connectivity index (χ1v) is 5.81. The summed E-state index contributed by atoms with van der Waals surface area (Å²) in [6, 6.07) is 1.66. The summed E-state index contributed by atoms with van der Waals surface area (Å²) in [7, 11) is 0. The number of hydrogen-bond acceptors (Lipinski definition) is 3. The lowest BCUT2D eigenvalue weighted by atomic mass is 10.4. The average molecular weight is 302 g/mol. The first kappa shape index (κ1) is 11.4. The Hall–Kier alpha value is -1.07. The maximum Gasteiger partial charge on any atom is 0.172 e. The molecule has 2 rings (SSSR count). The number of aromatic nitrogens is 3. The summed E-state index contributed by atoms with van der Waals surface area (Å²) in [4.78, 5) is 4.19. The Bertz CT molecular complexity index is 550. The molecule has 0 saturated heterocycles. The van der Waals surface area contributed by atoms with Crippen molar-refractivity contribution in [1.29, 1.82) is 0 Å². The molecule has 0 fully saturated rings. The molecular weight excluding hydrogens is 291 g/mol. The van der Waals surface area contributed by atoms with Gasteiger partial charge in [-0.1, -0.05) is 11.6 Å². The van der Waals surface area contributed by atoms with Gasteiger partial charge in [0.25, 0.3) is 0 Å². The van der Waals surface area contributed by atoms with Crippen LogP contribution in [0.5, 0.6) is 0 Å². The quantitative estimate of drug-likeness (QED) is 0.881. The van der Waals surface area contributed by atoms with E-state index in [-0.39, 0.29) is 0 Å². The van der Waals surface area contributed by atoms with E-state index in [9.17, 15) is 0 Å². The van der Waals surface area contributed by atoms with Gasteiger partial charge in [-0.25, -0.2) is 9.67 Å². The molecule has 0 saturated carbocycles. The minimum Gasteiger partial charge on any atom is -0.397 e. The van der Waals surface area contributed by atoms with Crippen LogP contribution < -0.4 is 5.73 Å². The van der Waals surface area contributed by atoms with Crippen molar-refractivity contribution in [2.24, 2.45) is 0 Å². The first-order valence-electron chi connectivity index (χ1n) is 4.64. The lowest BCUT2D eigenvalue weighted by molar-refractivity contribution is 0.806. The maximum absolute atomic E-state index is 6.08. The summed E-state index contributed by atoms with van der Waals surface area (Å²) in [6.45, 7) is 3.86. The van der Waals surface area contributed by atoms with Crippen LogP contribution in [-0.4, -0.2) is 14.8 Å². The second kappa shape index (κ2) is 4.07. The van der Waals surface area contributed by atoms with Crippen molar-refractivity contribution in [3.05, 3.63) is 33.1 Å². The molecule has 0 spiro atoms. The van der Waals surface area contributed by atoms with Crippen molar-refractivity contribution >= 4 is 33.2 Å². The lowest BCUT2D eigenvalue weighted by Crippen LogP contribution is -2.03. The van der Waals surface area contributed by atoms with Crippen molar-refractivity contribution < 1.29 is 0 Å². The number of aryl methyl sites for hydroxylation is 1. The highest BCUT2D eigenvalue weighted by Crippen LogP contribution is 2.26. The van der Waals surface area contributed by atoms with Gasteiger partial charge in [0, 0.05) is 0 Å². The zero-order chi connectivity index (χ0) is 11.9. The second-order valence-electron chi connectivity index (χ2n) is 3.47. The molecule has 4 nitrogen and oxygen atoms in total. The molecule has 0 aliphatic rings. The molecule has 0 atom stereocenters. The van der Waals surface area contributed by atoms with E-state index in [0.717, 1.165) is 15.9 Å². The minimum absolute atomic E-state index is 0.484. The third-order valence-electron chi connectivity index (χ3n) is 2.25. The topological polar surface area (TPSA) is 56.7 Å². The van der Waals surface area contributed by atoms with Crippen LogP contribution in [0, 0.1) is 13.8 Å². The molecule has 0 amide bonds. The number of anilines is 1. The van der Waals surface area contributed by atoms with Crippen LogP contribution in [0.1, 0.15) is 11.4 Å². The minimum atomic E-state index is 0.484. The molecule has 0 aromatic carbocycles. The normalized spacial score (nSPS) is 10.8. The summed E-state index contributed by atoms with van der Waals surface area (Å²) in [6.07, 6.45) is 1.56. The largest absolute Gasteiger partial charge is 0.397 e. The highest BCUT2D eigenvalue weighted by Gasteiger charge is 2.13. The molecule has 0 aliphatic heterocycles. The molecule has 0 radical (unpaired) electrons. The predicted molar refractivity (Wildman–Crippen MR) is 68.0 cm³/mol. The van der Waals surface area contributed by atoms with Crippen LogP contribution >= 0.6 is 27.5 Å². The molecule has 6 heteroatoms. The number of pyridine rings is 1. The fourth-order valence-electron chi connectivity index (χ4n) is 1.43. The number of nitrogens with zero attached hydrogens (tertiary/aromatic N) is 3. The SMILES string of the molecule is Cc1nn(-c2ncc(N)cc2Cl)c(C)c1Br. The molecule has 2 aromatic heterocycles. The zero-order valence-corrected chi connectivity index (χ0v) is 11.2. The zero-order valence-electron chi connectivity index (χ0n) is 8.83. The van der Waals surface area contributed by atoms with Crippen LogP contribution in [0.2, 0.25) is 5.02 Å². The van der Waals surface area contributed by atoms with E-state index in [0.29, 0.717) is 16.5 Å². The van der Waals surface area contributed by atoms with E-state index >= 15 is 0 Å². The van der Waals surface area contributed by atoms with Crippen LogP contribution in [0.15, 0.2) is 16.7 Å². The Labute approximate surface area is 107 Å². The fourth-order valence-corrected chi connectivity index (χ4v) is 1.93. The van der Waals surface area contributed by atoms with Gasteiger partial charge in [-0.05, 0) is 35.8 Å². The fraction of sp³-hybridized carbons (Fsp3) is 0.200. The van der Waals surface area contributed by atoms with E-state index < -0.39 is 0 Å². The number of nitrogens with two attached hydrogens (primary N) is 1. The summed E-state index contributed by atoms with van der Waals surface area (Å²) < 4.78 is 2.66. The average Bonchev–Trinajstić information content (AvgIpc) is 2.46. The van der Waals surface area contributed by atoms with Crippen molar-refractivity contribution in [2.75, 3.05) is 5.73 Å². The van der Waals surface area contributed by atoms with Crippen LogP contribution in [0.4, 0.5) is 5.69 Å². The maximum atomic E-state index is 6.08. The second-order valence-corrected chi connectivity index (χ2v) is 4.67. The van der Waals surface area contributed by atoms with Crippen molar-refractivity contribution in [3.8, 4) is 5.82 Å². The third kappa shape index (κ3) is 1.81. The molecule has 2 aromatic rings. The number of rotatable bonds is 1. The smallest absolute Gasteiger partial charge is 0.172 e. The number of halogens is 2. The summed E-state index contributed by atoms with van der Waals surface area (Å²) in [5.41, 5.74) is 7.98. The van der Waals surface area contributed by atoms with Gasteiger partial charge >= 0.3 is 0 Å². The molecule has 2 heterocycles. The van der Waals surface area contributed by atoms with Gasteiger partial charge in [0.15, 0.2) is 5.82 Å². The summed E-state index contributed by atoms with van der Waals surface area (Å²) in [5, 5.41) is 4.84. The van der Waals surface area contributed by atoms with Crippen LogP contribution in [0.25, 0.3) is 5.82 Å². The van der Waals surface area contributed by atoms with Gasteiger partial charge in [-0.15, -0.1) is 0 Å². The molecule has 84 valence electrons. The highest BCUT2D eigenvalue weighted by molar-refractivity contribution is 9.10. The van der Waals surface area contributed by atoms with Crippen molar-refractivity contribution in [1.82, 2.24) is 14.8 Å². The predicted octanol–water partition coefficient (Wildman–Crippen LogP) is 2.88. The lowest BCUT2D eigenvalue weighted by Gasteiger charge is -2.05. The standard InChI is InChI=1S/C10H10BrClN4/c1-5-9(11)6(2)16(15-5)10-8(12)3-7(13)4-14-10/h3-4H,13H2,1-2H3. The first-order chi connectivity index (χ1) is 7.50. The molecule has 0 unspecified atom stereocenters. The van der Waals surface area contributed by atoms with E-state index in [1.54, 1.807) is 16.9 Å². The van der Waals surface area contributed by atoms with E-state index in [2.05, 4.69) is 26.0 Å². The van der Waals surface area contributed by atoms with Gasteiger partial charge < -0.3 is 5.73 Å². The highest BCUT2D eigenvalue weighted by atomic mass is 79.9. The third-order valence-corrected chi connectivity index (χ3v) is 3.67. The van der Waals surface area contributed by atoms with Crippen LogP contribution in [0.3, 0.4) is 0 Å². The summed E-state index contributed by atoms with van der Waals surface area (Å²) in [5.74, 6) is 0.585. The van der Waals surface area contributed by atoms with Crippen molar-refractivity contribution in [3.63, 3.8) is 0 Å². The Balaban J connectivity index is 2.63. The monoisotopic (exact) mass is 300 g/mol. The summed E-state index contributed by atoms with van der Waals surface area (Å²) >= 11 is 9.54. The Morgan fingerprint density at radius 2 is 2.12 bits per heavy atom. The Morgan fingerprint density at radius 3 is 2.62 bits per heavy atom. The van der Waals surface area contributed by atoms with Gasteiger partial charge in [0.05, 0.1) is 32.8 Å². The molecule has 16 heavy (non-hydrogen) atoms. The Kier molecular flexibility index (Phi) is 2.90. The van der Waals surface area contributed by atoms with E-state index in [1.165, 1.54) is 0 Å². The van der Waals surface area contributed by atoms with Crippen LogP contribution in [-0.2, 0) is 0 Å². The van der Waals surface area contributed by atoms with Crippen molar-refractivity contribution in [2.45, 2.75) is 13.8 Å². The molecular formula is C10H10BrClN4. The van der Waals surface area contributed by atoms with E-state index in [4.69, 9.17) is 17.3 Å². The van der Waals surface area contributed by atoms with Gasteiger partial charge in [0.2, 0.25) is 0 Å². The molecule has 0 bridgehead atoms. The van der Waals surface area contributed by atoms with Gasteiger partial charge in [-0.3, -0.25) is 0 Å². The van der Waals surface area contributed by atoms with Gasteiger partial charge in [-0.2, -0.15) is 5.10 Å². The Morgan fingerprint density at radius 1 is 1.44 bits per heavy atom. The van der Waals surface area contributed by atoms with E-state index in [1.807, 2.05) is 13.8 Å². The molecule has 2 N–H and O–H groups in total.